The Kier molecular flexibility index (Phi) is 9.44. The van der Waals surface area contributed by atoms with E-state index in [1.54, 1.807) is 0 Å². The highest BCUT2D eigenvalue weighted by Gasteiger charge is 2.51. The van der Waals surface area contributed by atoms with Crippen molar-refractivity contribution in [2.75, 3.05) is 0 Å². The smallest absolute Gasteiger partial charge is 0.277 e. The van der Waals surface area contributed by atoms with Crippen molar-refractivity contribution in [3.05, 3.63) is 51.7 Å². The van der Waals surface area contributed by atoms with E-state index in [2.05, 4.69) is 143 Å². The van der Waals surface area contributed by atoms with Crippen LogP contribution in [0.1, 0.15) is 0 Å². The lowest BCUT2D eigenvalue weighted by molar-refractivity contribution is 0.141. The molecule has 0 saturated carbocycles. The molecule has 0 bridgehead atoms. The maximum absolute atomic E-state index is 6.44. The lowest BCUT2D eigenvalue weighted by atomic mass is 10.3. The maximum Gasteiger partial charge on any atom is 0.277 e. The summed E-state index contributed by atoms with van der Waals surface area (Å²) in [6.07, 6.45) is 0. The van der Waals surface area contributed by atoms with Crippen molar-refractivity contribution in [3.8, 4) is 11.5 Å². The zero-order valence-electron chi connectivity index (χ0n) is 11.9. The van der Waals surface area contributed by atoms with Gasteiger partial charge in [0.05, 0.1) is 22.9 Å². The van der Waals surface area contributed by atoms with E-state index >= 15 is 0 Å². The Morgan fingerprint density at radius 3 is 1.77 bits per heavy atom. The summed E-state index contributed by atoms with van der Waals surface area (Å²) in [6, 6.07) is 7.43. The van der Waals surface area contributed by atoms with Gasteiger partial charge < -0.3 is 9.47 Å². The van der Waals surface area contributed by atoms with Crippen molar-refractivity contribution in [2.45, 2.75) is 6.84 Å². The van der Waals surface area contributed by atoms with Gasteiger partial charge in [-0.3, -0.25) is 0 Å². The molecule has 2 aromatic carbocycles. The van der Waals surface area contributed by atoms with Crippen molar-refractivity contribution in [3.63, 3.8) is 0 Å². The van der Waals surface area contributed by atoms with Gasteiger partial charge in [0, 0.05) is 4.47 Å². The van der Waals surface area contributed by atoms with Gasteiger partial charge in [-0.1, -0.05) is 23.7 Å². The summed E-state index contributed by atoms with van der Waals surface area (Å²) in [6.45, 7) is 0. The predicted molar refractivity (Wildman–Crippen MR) is 139 cm³/mol. The number of rotatable bonds is 5. The highest BCUT2D eigenvalue weighted by Crippen LogP contribution is 2.55. The average molecular weight is 959 g/mol. The number of hydrogen-bond acceptors (Lipinski definition) is 2. The predicted octanol–water partition coefficient (Wildman–Crippen LogP) is 10.5. The Balaban J connectivity index is 2.41. The van der Waals surface area contributed by atoms with Crippen LogP contribution in [0.5, 0.6) is 11.5 Å². The van der Waals surface area contributed by atoms with E-state index in [0.29, 0.717) is 25.5 Å². The molecule has 0 saturated heterocycles. The van der Waals surface area contributed by atoms with E-state index in [9.17, 15) is 0 Å². The Hall–Kier alpha value is 2.65. The summed E-state index contributed by atoms with van der Waals surface area (Å²) in [5, 5.41) is 0.368. The molecule has 26 heavy (non-hydrogen) atoms. The summed E-state index contributed by atoms with van der Waals surface area (Å²) >= 11 is 37.7. The standard InChI is InChI=1S/C14H4Br9ClO2/c15-5-3-1-2-4-6(5)25-13(20,21)14(22,23)26-12-10(19)8(17)7(16)9(18)11(12)24/h1-4H. The van der Waals surface area contributed by atoms with Gasteiger partial charge in [0.15, 0.2) is 5.75 Å². The minimum Gasteiger partial charge on any atom is -0.459 e. The Morgan fingerprint density at radius 1 is 0.692 bits per heavy atom. The Morgan fingerprint density at radius 2 is 1.19 bits per heavy atom. The molecule has 0 aromatic heterocycles. The number of hydrogen-bond donors (Lipinski definition) is 0. The largest absolute Gasteiger partial charge is 0.459 e. The molecule has 0 radical (unpaired) electrons. The number of benzene rings is 2. The van der Waals surface area contributed by atoms with Gasteiger partial charge in [-0.25, -0.2) is 0 Å². The van der Waals surface area contributed by atoms with Crippen LogP contribution in [0, 0.1) is 0 Å². The first kappa shape index (κ1) is 24.9. The van der Waals surface area contributed by atoms with Gasteiger partial charge in [-0.05, 0) is 156 Å². The summed E-state index contributed by atoms with van der Waals surface area (Å²) in [4.78, 5) is 0. The summed E-state index contributed by atoms with van der Waals surface area (Å²) in [5.41, 5.74) is 0. The second-order valence-electron chi connectivity index (χ2n) is 4.57. The molecule has 0 aliphatic carbocycles. The molecule has 0 aliphatic heterocycles. The molecule has 0 unspecified atom stereocenters. The van der Waals surface area contributed by atoms with Gasteiger partial charge in [0.1, 0.15) is 5.75 Å². The van der Waals surface area contributed by atoms with E-state index < -0.39 is 6.84 Å². The summed E-state index contributed by atoms with van der Waals surface area (Å²) in [7, 11) is 0. The van der Waals surface area contributed by atoms with Crippen molar-refractivity contribution in [1.29, 1.82) is 0 Å². The van der Waals surface area contributed by atoms with Crippen molar-refractivity contribution < 1.29 is 9.47 Å². The molecule has 0 amide bonds. The first-order chi connectivity index (χ1) is 11.9. The lowest BCUT2D eigenvalue weighted by Crippen LogP contribution is -2.44. The lowest BCUT2D eigenvalue weighted by Gasteiger charge is -2.35. The molecule has 0 aliphatic rings. The van der Waals surface area contributed by atoms with E-state index in [0.717, 1.165) is 13.4 Å². The van der Waals surface area contributed by atoms with E-state index in [1.807, 2.05) is 24.3 Å². The van der Waals surface area contributed by atoms with Crippen LogP contribution in [0.25, 0.3) is 0 Å². The normalized spacial score (nSPS) is 12.2. The first-order valence-corrected chi connectivity index (χ1v) is 13.8. The van der Waals surface area contributed by atoms with Crippen LogP contribution in [0.4, 0.5) is 0 Å². The fraction of sp³-hybridized carbons (Fsp3) is 0.143. The third-order valence-electron chi connectivity index (χ3n) is 2.81. The van der Waals surface area contributed by atoms with Crippen LogP contribution < -0.4 is 9.47 Å². The van der Waals surface area contributed by atoms with Gasteiger partial charge in [-0.2, -0.15) is 0 Å². The van der Waals surface area contributed by atoms with Gasteiger partial charge in [-0.15, -0.1) is 0 Å². The van der Waals surface area contributed by atoms with Crippen LogP contribution >= 0.6 is 155 Å². The average Bonchev–Trinajstić information content (AvgIpc) is 2.57. The van der Waals surface area contributed by atoms with E-state index in [1.165, 1.54) is 0 Å². The molecule has 0 spiro atoms. The number of para-hydroxylation sites is 1. The van der Waals surface area contributed by atoms with Crippen molar-refractivity contribution in [2.24, 2.45) is 0 Å². The number of ether oxygens (including phenoxy) is 2. The maximum atomic E-state index is 6.44. The van der Waals surface area contributed by atoms with E-state index in [4.69, 9.17) is 21.1 Å². The van der Waals surface area contributed by atoms with Crippen molar-refractivity contribution in [1.82, 2.24) is 0 Å². The third kappa shape index (κ3) is 5.46. The number of alkyl halides is 4. The second-order valence-corrected chi connectivity index (χ2v) is 15.6. The first-order valence-electron chi connectivity index (χ1n) is 6.28. The van der Waals surface area contributed by atoms with Crippen LogP contribution in [-0.4, -0.2) is 6.84 Å². The van der Waals surface area contributed by atoms with Crippen LogP contribution in [0.15, 0.2) is 46.6 Å². The van der Waals surface area contributed by atoms with Gasteiger partial charge in [0.2, 0.25) is 0 Å². The molecule has 0 N–H and O–H groups in total. The molecule has 2 rings (SSSR count). The molecule has 2 nitrogen and oxygen atoms in total. The third-order valence-corrected chi connectivity index (χ3v) is 13.8. The fourth-order valence-corrected chi connectivity index (χ4v) is 5.57. The molecule has 12 heteroatoms. The molecule has 2 aromatic rings. The van der Waals surface area contributed by atoms with Crippen LogP contribution in [0.3, 0.4) is 0 Å². The summed E-state index contributed by atoms with van der Waals surface area (Å²) in [5.74, 6) is 0.970. The van der Waals surface area contributed by atoms with Gasteiger partial charge >= 0.3 is 0 Å². The molecular formula is C14H4Br9ClO2. The molecule has 0 heterocycles. The molecule has 0 fully saturated rings. The minimum absolute atomic E-state index is 0.368. The van der Waals surface area contributed by atoms with Crippen LogP contribution in [0.2, 0.25) is 5.02 Å². The highest BCUT2D eigenvalue weighted by atomic mass is 79.9. The van der Waals surface area contributed by atoms with Gasteiger partial charge in [0.25, 0.3) is 6.84 Å². The topological polar surface area (TPSA) is 18.5 Å². The Labute approximate surface area is 231 Å². The quantitative estimate of drug-likeness (QED) is 0.169. The van der Waals surface area contributed by atoms with Crippen LogP contribution in [-0.2, 0) is 0 Å². The molecule has 0 atom stereocenters. The van der Waals surface area contributed by atoms with Crippen molar-refractivity contribution >= 4 is 155 Å². The monoisotopic (exact) mass is 949 g/mol. The highest BCUT2D eigenvalue weighted by molar-refractivity contribution is 9.30. The Bertz CT molecular complexity index is 812. The minimum atomic E-state index is -1.25. The molecule has 142 valence electrons. The van der Waals surface area contributed by atoms with E-state index in [-0.39, 0.29) is 0 Å². The fourth-order valence-electron chi connectivity index (χ4n) is 1.59. The zero-order valence-corrected chi connectivity index (χ0v) is 26.9. The number of halogens is 10. The second kappa shape index (κ2) is 9.85. The zero-order chi connectivity index (χ0) is 19.9. The molecular weight excluding hydrogens is 955 g/mol. The summed E-state index contributed by atoms with van der Waals surface area (Å²) < 4.78 is 13.2. The SMILES string of the molecule is Clc1c(Br)c(Br)c(Br)c(Br)c1OC(Br)(Br)C(Br)(Br)Oc1ccccc1Br.